The number of hydrogen-bond donors (Lipinski definition) is 0. The topological polar surface area (TPSA) is 48.2 Å². The maximum Gasteiger partial charge on any atom is 0.330 e. The number of hydrogen-bond acceptors (Lipinski definition) is 4. The van der Waals surface area contributed by atoms with Crippen LogP contribution in [0.2, 0.25) is 0 Å². The van der Waals surface area contributed by atoms with Crippen molar-refractivity contribution in [2.45, 2.75) is 19.0 Å². The third-order valence-electron chi connectivity index (χ3n) is 3.51. The fourth-order valence-corrected chi connectivity index (χ4v) is 2.21. The van der Waals surface area contributed by atoms with Crippen molar-refractivity contribution in [3.05, 3.63) is 60.2 Å². The zero-order chi connectivity index (χ0) is 18.6. The van der Waals surface area contributed by atoms with Gasteiger partial charge in [0.25, 0.3) is 5.89 Å². The van der Waals surface area contributed by atoms with E-state index in [9.17, 15) is 17.6 Å². The Hall–Kier alpha value is -2.74. The van der Waals surface area contributed by atoms with Gasteiger partial charge in [-0.25, -0.2) is 8.78 Å². The second kappa shape index (κ2) is 7.65. The smallest absolute Gasteiger partial charge is 0.330 e. The predicted molar refractivity (Wildman–Crippen MR) is 85.8 cm³/mol. The molecule has 0 N–H and O–H groups in total. The number of halogens is 4. The highest BCUT2D eigenvalue weighted by Crippen LogP contribution is 2.25. The van der Waals surface area contributed by atoms with E-state index in [4.69, 9.17) is 9.26 Å². The van der Waals surface area contributed by atoms with Gasteiger partial charge in [-0.05, 0) is 17.7 Å². The van der Waals surface area contributed by atoms with E-state index in [2.05, 4.69) is 10.1 Å². The van der Waals surface area contributed by atoms with Crippen LogP contribution in [-0.4, -0.2) is 29.1 Å². The van der Waals surface area contributed by atoms with E-state index in [1.165, 1.54) is 0 Å². The monoisotopic (exact) mass is 366 g/mol. The SMILES string of the molecule is FC(F)C(F)(F)COCc1cccc(-c2nc(-c3ccccc3)no2)c1. The standard InChI is InChI=1S/C18H14F4N2O2/c19-17(20)18(21,22)11-25-10-12-5-4-8-14(9-12)16-23-15(24-26-16)13-6-2-1-3-7-13/h1-9,17H,10-11H2. The van der Waals surface area contributed by atoms with Crippen LogP contribution in [0.5, 0.6) is 0 Å². The highest BCUT2D eigenvalue weighted by atomic mass is 19.3. The van der Waals surface area contributed by atoms with Crippen molar-refractivity contribution in [3.8, 4) is 22.8 Å². The normalized spacial score (nSPS) is 11.9. The quantitative estimate of drug-likeness (QED) is 0.563. The first-order valence-corrected chi connectivity index (χ1v) is 7.68. The molecule has 26 heavy (non-hydrogen) atoms. The van der Waals surface area contributed by atoms with E-state index in [1.807, 2.05) is 30.3 Å². The molecule has 0 saturated carbocycles. The van der Waals surface area contributed by atoms with Gasteiger partial charge in [0.1, 0.15) is 6.61 Å². The molecule has 0 spiro atoms. The Morgan fingerprint density at radius 2 is 1.73 bits per heavy atom. The fraction of sp³-hybridized carbons (Fsp3) is 0.222. The number of alkyl halides is 4. The van der Waals surface area contributed by atoms with Crippen molar-refractivity contribution in [1.82, 2.24) is 10.1 Å². The molecular formula is C18H14F4N2O2. The van der Waals surface area contributed by atoms with E-state index in [0.29, 0.717) is 17.0 Å². The van der Waals surface area contributed by atoms with Crippen molar-refractivity contribution in [3.63, 3.8) is 0 Å². The third kappa shape index (κ3) is 4.26. The van der Waals surface area contributed by atoms with Crippen molar-refractivity contribution >= 4 is 0 Å². The van der Waals surface area contributed by atoms with Crippen LogP contribution >= 0.6 is 0 Å². The Morgan fingerprint density at radius 3 is 2.46 bits per heavy atom. The van der Waals surface area contributed by atoms with Crippen LogP contribution in [0.15, 0.2) is 59.1 Å². The Balaban J connectivity index is 1.69. The molecule has 0 aliphatic heterocycles. The molecule has 8 heteroatoms. The summed E-state index contributed by atoms with van der Waals surface area (Å²) in [5.41, 5.74) is 1.88. The van der Waals surface area contributed by atoms with Gasteiger partial charge in [0.05, 0.1) is 6.61 Å². The van der Waals surface area contributed by atoms with Gasteiger partial charge in [-0.2, -0.15) is 13.8 Å². The van der Waals surface area contributed by atoms with Crippen LogP contribution in [0.4, 0.5) is 17.6 Å². The lowest BCUT2D eigenvalue weighted by molar-refractivity contribution is -0.168. The lowest BCUT2D eigenvalue weighted by atomic mass is 10.1. The Morgan fingerprint density at radius 1 is 1.00 bits per heavy atom. The minimum absolute atomic E-state index is 0.240. The fourth-order valence-electron chi connectivity index (χ4n) is 2.21. The molecule has 0 radical (unpaired) electrons. The molecule has 136 valence electrons. The Labute approximate surface area is 146 Å². The average molecular weight is 366 g/mol. The minimum atomic E-state index is -4.17. The summed E-state index contributed by atoms with van der Waals surface area (Å²) in [7, 11) is 0. The zero-order valence-corrected chi connectivity index (χ0v) is 13.4. The van der Waals surface area contributed by atoms with Gasteiger partial charge in [0.15, 0.2) is 0 Å². The van der Waals surface area contributed by atoms with Gasteiger partial charge in [0.2, 0.25) is 5.82 Å². The number of nitrogens with zero attached hydrogens (tertiary/aromatic N) is 2. The Kier molecular flexibility index (Phi) is 5.32. The molecule has 0 amide bonds. The molecule has 3 aromatic rings. The first-order valence-electron chi connectivity index (χ1n) is 7.68. The molecule has 0 aliphatic rings. The van der Waals surface area contributed by atoms with E-state index < -0.39 is 19.0 Å². The van der Waals surface area contributed by atoms with Crippen LogP contribution in [0.3, 0.4) is 0 Å². The highest BCUT2D eigenvalue weighted by Gasteiger charge is 2.40. The molecule has 1 aromatic heterocycles. The number of ether oxygens (including phenoxy) is 1. The van der Waals surface area contributed by atoms with Gasteiger partial charge < -0.3 is 9.26 Å². The summed E-state index contributed by atoms with van der Waals surface area (Å²) in [5, 5.41) is 3.91. The molecule has 0 fully saturated rings. The molecule has 0 bridgehead atoms. The van der Waals surface area contributed by atoms with E-state index >= 15 is 0 Å². The first-order chi connectivity index (χ1) is 12.5. The van der Waals surface area contributed by atoms with Crippen molar-refractivity contribution in [2.75, 3.05) is 6.61 Å². The number of rotatable bonds is 7. The van der Waals surface area contributed by atoms with Gasteiger partial charge in [-0.15, -0.1) is 0 Å². The van der Waals surface area contributed by atoms with Gasteiger partial charge in [0, 0.05) is 11.1 Å². The summed E-state index contributed by atoms with van der Waals surface area (Å²) in [5.74, 6) is -3.50. The summed E-state index contributed by atoms with van der Waals surface area (Å²) < 4.78 is 59.9. The number of aromatic nitrogens is 2. The molecule has 0 atom stereocenters. The lowest BCUT2D eigenvalue weighted by Gasteiger charge is -2.15. The van der Waals surface area contributed by atoms with Gasteiger partial charge >= 0.3 is 12.3 Å². The molecule has 1 heterocycles. The third-order valence-corrected chi connectivity index (χ3v) is 3.51. The summed E-state index contributed by atoms with van der Waals surface area (Å²) in [6, 6.07) is 15.8. The average Bonchev–Trinajstić information content (AvgIpc) is 3.13. The highest BCUT2D eigenvalue weighted by molar-refractivity contribution is 5.60. The van der Waals surface area contributed by atoms with Crippen LogP contribution in [0, 0.1) is 0 Å². The molecule has 2 aromatic carbocycles. The van der Waals surface area contributed by atoms with E-state index in [-0.39, 0.29) is 12.5 Å². The predicted octanol–water partition coefficient (Wildman–Crippen LogP) is 4.82. The molecule has 4 nitrogen and oxygen atoms in total. The number of benzene rings is 2. The van der Waals surface area contributed by atoms with Crippen LogP contribution < -0.4 is 0 Å². The second-order valence-electron chi connectivity index (χ2n) is 5.54. The van der Waals surface area contributed by atoms with Crippen molar-refractivity contribution < 1.29 is 26.8 Å². The summed E-state index contributed by atoms with van der Waals surface area (Å²) in [6.07, 6.45) is -3.76. The largest absolute Gasteiger partial charge is 0.370 e. The molecule has 0 unspecified atom stereocenters. The van der Waals surface area contributed by atoms with Crippen molar-refractivity contribution in [2.24, 2.45) is 0 Å². The maximum atomic E-state index is 12.8. The lowest BCUT2D eigenvalue weighted by Crippen LogP contribution is -2.32. The Bertz CT molecular complexity index is 853. The summed E-state index contributed by atoms with van der Waals surface area (Å²) in [4.78, 5) is 4.30. The summed E-state index contributed by atoms with van der Waals surface area (Å²) >= 11 is 0. The van der Waals surface area contributed by atoms with Gasteiger partial charge in [-0.3, -0.25) is 0 Å². The van der Waals surface area contributed by atoms with E-state index in [0.717, 1.165) is 5.56 Å². The van der Waals surface area contributed by atoms with Gasteiger partial charge in [-0.1, -0.05) is 47.6 Å². The first kappa shape index (κ1) is 18.1. The molecule has 3 rings (SSSR count). The zero-order valence-electron chi connectivity index (χ0n) is 13.4. The minimum Gasteiger partial charge on any atom is -0.370 e. The molecular weight excluding hydrogens is 352 g/mol. The van der Waals surface area contributed by atoms with Crippen LogP contribution in [-0.2, 0) is 11.3 Å². The van der Waals surface area contributed by atoms with Crippen LogP contribution in [0.1, 0.15) is 5.56 Å². The van der Waals surface area contributed by atoms with Crippen LogP contribution in [0.25, 0.3) is 22.8 Å². The summed E-state index contributed by atoms with van der Waals surface area (Å²) in [6.45, 7) is -1.59. The second-order valence-corrected chi connectivity index (χ2v) is 5.54. The maximum absolute atomic E-state index is 12.8. The van der Waals surface area contributed by atoms with Crippen molar-refractivity contribution in [1.29, 1.82) is 0 Å². The van der Waals surface area contributed by atoms with E-state index in [1.54, 1.807) is 24.3 Å². The molecule has 0 saturated heterocycles. The molecule has 0 aliphatic carbocycles.